The van der Waals surface area contributed by atoms with Gasteiger partial charge in [-0.15, -0.1) is 0 Å². The monoisotopic (exact) mass is 298 g/mol. The van der Waals surface area contributed by atoms with Crippen LogP contribution in [0.5, 0.6) is 0 Å². The number of benzene rings is 1. The van der Waals surface area contributed by atoms with Crippen molar-refractivity contribution in [2.24, 2.45) is 0 Å². The van der Waals surface area contributed by atoms with E-state index in [1.165, 1.54) is 17.5 Å². The molecule has 0 saturated carbocycles. The van der Waals surface area contributed by atoms with Gasteiger partial charge < -0.3 is 10.6 Å². The predicted octanol–water partition coefficient (Wildman–Crippen LogP) is 4.86. The van der Waals surface area contributed by atoms with Crippen molar-refractivity contribution in [3.8, 4) is 0 Å². The van der Waals surface area contributed by atoms with Crippen LogP contribution in [0, 0.1) is 6.92 Å². The second-order valence-electron chi connectivity index (χ2n) is 5.86. The molecule has 0 atom stereocenters. The molecule has 0 aliphatic rings. The van der Waals surface area contributed by atoms with E-state index in [0.717, 1.165) is 24.5 Å². The number of rotatable bonds is 7. The van der Waals surface area contributed by atoms with Crippen LogP contribution in [0.25, 0.3) is 0 Å². The molecule has 0 unspecified atom stereocenters. The largest absolute Gasteiger partial charge is 0.370 e. The van der Waals surface area contributed by atoms with E-state index in [9.17, 15) is 0 Å². The third kappa shape index (κ3) is 4.20. The van der Waals surface area contributed by atoms with E-state index in [1.54, 1.807) is 6.20 Å². The Balaban J connectivity index is 2.19. The molecule has 0 fully saturated rings. The SMILES string of the molecule is CCCCNc1ccnc(Nc2c(C)cccc2C(C)C)n1. The fourth-order valence-corrected chi connectivity index (χ4v) is 2.36. The molecule has 2 aromatic rings. The van der Waals surface area contributed by atoms with Crippen molar-refractivity contribution in [2.45, 2.75) is 46.5 Å². The number of anilines is 3. The number of nitrogens with one attached hydrogen (secondary N) is 2. The van der Waals surface area contributed by atoms with E-state index < -0.39 is 0 Å². The third-order valence-corrected chi connectivity index (χ3v) is 3.66. The Morgan fingerprint density at radius 3 is 2.73 bits per heavy atom. The lowest BCUT2D eigenvalue weighted by atomic mass is 9.98. The first kappa shape index (κ1) is 16.3. The molecule has 4 heteroatoms. The molecule has 0 aliphatic carbocycles. The van der Waals surface area contributed by atoms with Crippen LogP contribution < -0.4 is 10.6 Å². The Morgan fingerprint density at radius 1 is 1.18 bits per heavy atom. The highest BCUT2D eigenvalue weighted by molar-refractivity contribution is 5.64. The van der Waals surface area contributed by atoms with Gasteiger partial charge in [-0.05, 0) is 36.5 Å². The fraction of sp³-hybridized carbons (Fsp3) is 0.444. The highest BCUT2D eigenvalue weighted by atomic mass is 15.1. The van der Waals surface area contributed by atoms with Crippen LogP contribution in [0.4, 0.5) is 17.5 Å². The van der Waals surface area contributed by atoms with Crippen LogP contribution in [-0.4, -0.2) is 16.5 Å². The van der Waals surface area contributed by atoms with Crippen LogP contribution in [0.3, 0.4) is 0 Å². The maximum absolute atomic E-state index is 4.55. The molecule has 4 nitrogen and oxygen atoms in total. The van der Waals surface area contributed by atoms with Crippen molar-refractivity contribution in [2.75, 3.05) is 17.2 Å². The first-order valence-corrected chi connectivity index (χ1v) is 8.05. The zero-order chi connectivity index (χ0) is 15.9. The Morgan fingerprint density at radius 2 is 2.00 bits per heavy atom. The van der Waals surface area contributed by atoms with Crippen molar-refractivity contribution >= 4 is 17.5 Å². The zero-order valence-electron chi connectivity index (χ0n) is 14.0. The van der Waals surface area contributed by atoms with Gasteiger partial charge in [0.2, 0.25) is 5.95 Å². The first-order valence-electron chi connectivity index (χ1n) is 8.05. The quantitative estimate of drug-likeness (QED) is 0.716. The van der Waals surface area contributed by atoms with E-state index in [2.05, 4.69) is 66.5 Å². The van der Waals surface area contributed by atoms with E-state index in [-0.39, 0.29) is 0 Å². The lowest BCUT2D eigenvalue weighted by Gasteiger charge is -2.16. The molecule has 22 heavy (non-hydrogen) atoms. The number of para-hydroxylation sites is 1. The van der Waals surface area contributed by atoms with Gasteiger partial charge in [0.05, 0.1) is 0 Å². The number of aromatic nitrogens is 2. The fourth-order valence-electron chi connectivity index (χ4n) is 2.36. The van der Waals surface area contributed by atoms with Crippen molar-refractivity contribution in [3.63, 3.8) is 0 Å². The number of hydrogen-bond donors (Lipinski definition) is 2. The summed E-state index contributed by atoms with van der Waals surface area (Å²) in [6.07, 6.45) is 4.10. The summed E-state index contributed by atoms with van der Waals surface area (Å²) in [7, 11) is 0. The van der Waals surface area contributed by atoms with Gasteiger partial charge in [0.15, 0.2) is 0 Å². The molecule has 0 aliphatic heterocycles. The molecule has 1 aromatic carbocycles. The summed E-state index contributed by atoms with van der Waals surface area (Å²) in [5.41, 5.74) is 3.61. The van der Waals surface area contributed by atoms with Gasteiger partial charge in [-0.25, -0.2) is 4.98 Å². The van der Waals surface area contributed by atoms with E-state index in [0.29, 0.717) is 11.9 Å². The van der Waals surface area contributed by atoms with Gasteiger partial charge >= 0.3 is 0 Å². The van der Waals surface area contributed by atoms with Crippen LogP contribution in [0.2, 0.25) is 0 Å². The van der Waals surface area contributed by atoms with Gasteiger partial charge in [-0.1, -0.05) is 45.4 Å². The number of aryl methyl sites for hydroxylation is 1. The smallest absolute Gasteiger partial charge is 0.229 e. The Labute approximate surface area is 133 Å². The molecular formula is C18H26N4. The minimum absolute atomic E-state index is 0.452. The lowest BCUT2D eigenvalue weighted by molar-refractivity contribution is 0.830. The Bertz CT molecular complexity index is 608. The molecule has 1 aromatic heterocycles. The van der Waals surface area contributed by atoms with Crippen LogP contribution in [0.15, 0.2) is 30.5 Å². The zero-order valence-corrected chi connectivity index (χ0v) is 14.0. The summed E-state index contributed by atoms with van der Waals surface area (Å²) < 4.78 is 0. The molecule has 2 N–H and O–H groups in total. The second-order valence-corrected chi connectivity index (χ2v) is 5.86. The van der Waals surface area contributed by atoms with E-state index in [1.807, 2.05) is 6.07 Å². The van der Waals surface area contributed by atoms with Crippen LogP contribution >= 0.6 is 0 Å². The topological polar surface area (TPSA) is 49.8 Å². The molecule has 1 heterocycles. The molecular weight excluding hydrogens is 272 g/mol. The minimum atomic E-state index is 0.452. The summed E-state index contributed by atoms with van der Waals surface area (Å²) in [4.78, 5) is 8.89. The van der Waals surface area contributed by atoms with Crippen molar-refractivity contribution in [3.05, 3.63) is 41.6 Å². The van der Waals surface area contributed by atoms with Gasteiger partial charge in [-0.3, -0.25) is 0 Å². The highest BCUT2D eigenvalue weighted by Crippen LogP contribution is 2.29. The van der Waals surface area contributed by atoms with Gasteiger partial charge in [0, 0.05) is 18.4 Å². The summed E-state index contributed by atoms with van der Waals surface area (Å²) in [6.45, 7) is 9.62. The molecule has 0 saturated heterocycles. The lowest BCUT2D eigenvalue weighted by Crippen LogP contribution is -2.07. The van der Waals surface area contributed by atoms with Crippen LogP contribution in [-0.2, 0) is 0 Å². The Hall–Kier alpha value is -2.10. The van der Waals surface area contributed by atoms with Gasteiger partial charge in [-0.2, -0.15) is 4.98 Å². The summed E-state index contributed by atoms with van der Waals surface area (Å²) >= 11 is 0. The van der Waals surface area contributed by atoms with E-state index >= 15 is 0 Å². The highest BCUT2D eigenvalue weighted by Gasteiger charge is 2.10. The summed E-state index contributed by atoms with van der Waals surface area (Å²) in [5.74, 6) is 1.96. The molecule has 2 rings (SSSR count). The first-order chi connectivity index (χ1) is 10.6. The number of hydrogen-bond acceptors (Lipinski definition) is 4. The van der Waals surface area contributed by atoms with Crippen molar-refractivity contribution in [1.29, 1.82) is 0 Å². The average molecular weight is 298 g/mol. The molecule has 0 spiro atoms. The Kier molecular flexibility index (Phi) is 5.75. The summed E-state index contributed by atoms with van der Waals surface area (Å²) in [6, 6.07) is 8.27. The summed E-state index contributed by atoms with van der Waals surface area (Å²) in [5, 5.41) is 6.72. The molecule has 0 radical (unpaired) electrons. The second kappa shape index (κ2) is 7.78. The maximum atomic E-state index is 4.55. The van der Waals surface area contributed by atoms with Gasteiger partial charge in [0.1, 0.15) is 5.82 Å². The molecule has 118 valence electrons. The van der Waals surface area contributed by atoms with Crippen LogP contribution in [0.1, 0.15) is 50.7 Å². The average Bonchev–Trinajstić information content (AvgIpc) is 2.50. The standard InChI is InChI=1S/C18H26N4/c1-5-6-11-19-16-10-12-20-18(21-16)22-17-14(4)8-7-9-15(17)13(2)3/h7-10,12-13H,5-6,11H2,1-4H3,(H2,19,20,21,22). The minimum Gasteiger partial charge on any atom is -0.370 e. The predicted molar refractivity (Wildman–Crippen MR) is 94.0 cm³/mol. The third-order valence-electron chi connectivity index (χ3n) is 3.66. The maximum Gasteiger partial charge on any atom is 0.229 e. The van der Waals surface area contributed by atoms with Crippen molar-refractivity contribution in [1.82, 2.24) is 9.97 Å². The molecule has 0 amide bonds. The van der Waals surface area contributed by atoms with Crippen molar-refractivity contribution < 1.29 is 0 Å². The molecule has 0 bridgehead atoms. The van der Waals surface area contributed by atoms with E-state index in [4.69, 9.17) is 0 Å². The number of unbranched alkanes of at least 4 members (excludes halogenated alkanes) is 1. The normalized spacial score (nSPS) is 10.8. The van der Waals surface area contributed by atoms with Gasteiger partial charge in [0.25, 0.3) is 0 Å². The number of nitrogens with zero attached hydrogens (tertiary/aromatic N) is 2.